The highest BCUT2D eigenvalue weighted by Crippen LogP contribution is 2.07. The third-order valence-corrected chi connectivity index (χ3v) is 2.67. The molecular formula is C16H25NO4. The van der Waals surface area contributed by atoms with E-state index in [0.717, 1.165) is 5.56 Å². The molecule has 2 N–H and O–H groups in total. The molecule has 1 amide bonds. The molecule has 0 radical (unpaired) electrons. The summed E-state index contributed by atoms with van der Waals surface area (Å²) in [5.74, 6) is 0. The number of nitrogens with one attached hydrogen (secondary N) is 1. The predicted molar refractivity (Wildman–Crippen MR) is 81.0 cm³/mol. The maximum Gasteiger partial charge on any atom is 0.407 e. The third kappa shape index (κ3) is 8.32. The van der Waals surface area contributed by atoms with Gasteiger partial charge >= 0.3 is 6.09 Å². The lowest BCUT2D eigenvalue weighted by Gasteiger charge is -2.20. The Labute approximate surface area is 126 Å². The molecule has 0 fully saturated rings. The van der Waals surface area contributed by atoms with Gasteiger partial charge in [-0.3, -0.25) is 0 Å². The summed E-state index contributed by atoms with van der Waals surface area (Å²) in [7, 11) is 0. The second kappa shape index (κ2) is 8.64. The van der Waals surface area contributed by atoms with E-state index in [-0.39, 0.29) is 12.7 Å². The number of carbonyl (C=O) groups excluding carboxylic acids is 1. The van der Waals surface area contributed by atoms with Crippen molar-refractivity contribution < 1.29 is 19.4 Å². The van der Waals surface area contributed by atoms with Crippen LogP contribution in [-0.2, 0) is 16.1 Å². The van der Waals surface area contributed by atoms with Gasteiger partial charge in [0.15, 0.2) is 0 Å². The number of aliphatic hydroxyl groups is 1. The number of benzene rings is 1. The summed E-state index contributed by atoms with van der Waals surface area (Å²) in [6, 6.07) is 9.76. The fraction of sp³-hybridized carbons (Fsp3) is 0.562. The summed E-state index contributed by atoms with van der Waals surface area (Å²) >= 11 is 0. The van der Waals surface area contributed by atoms with Crippen molar-refractivity contribution in [3.05, 3.63) is 35.9 Å². The third-order valence-electron chi connectivity index (χ3n) is 2.67. The number of carbonyl (C=O) groups is 1. The largest absolute Gasteiger partial charge is 0.444 e. The zero-order valence-corrected chi connectivity index (χ0v) is 13.0. The molecule has 1 aromatic carbocycles. The normalized spacial score (nSPS) is 12.8. The first kappa shape index (κ1) is 17.5. The van der Waals surface area contributed by atoms with Crippen molar-refractivity contribution in [1.29, 1.82) is 0 Å². The Morgan fingerprint density at radius 3 is 2.52 bits per heavy atom. The molecule has 1 rings (SSSR count). The van der Waals surface area contributed by atoms with Gasteiger partial charge in [-0.25, -0.2) is 4.79 Å². The number of ether oxygens (including phenoxy) is 2. The topological polar surface area (TPSA) is 67.8 Å². The van der Waals surface area contributed by atoms with Crippen LogP contribution in [0.5, 0.6) is 0 Å². The van der Waals surface area contributed by atoms with Crippen LogP contribution in [-0.4, -0.2) is 36.1 Å². The van der Waals surface area contributed by atoms with Crippen molar-refractivity contribution in [2.75, 3.05) is 13.2 Å². The van der Waals surface area contributed by atoms with Crippen molar-refractivity contribution in [3.63, 3.8) is 0 Å². The molecule has 1 aromatic rings. The van der Waals surface area contributed by atoms with Crippen LogP contribution in [0.15, 0.2) is 30.3 Å². The summed E-state index contributed by atoms with van der Waals surface area (Å²) in [4.78, 5) is 11.5. The molecule has 5 nitrogen and oxygen atoms in total. The molecule has 0 heterocycles. The van der Waals surface area contributed by atoms with Gasteiger partial charge in [0, 0.05) is 6.54 Å². The van der Waals surface area contributed by atoms with E-state index in [1.165, 1.54) is 0 Å². The van der Waals surface area contributed by atoms with Crippen LogP contribution in [0.25, 0.3) is 0 Å². The number of alkyl carbamates (subject to hydrolysis) is 1. The van der Waals surface area contributed by atoms with E-state index < -0.39 is 11.7 Å². The van der Waals surface area contributed by atoms with Gasteiger partial charge in [0.05, 0.1) is 19.3 Å². The van der Waals surface area contributed by atoms with Crippen LogP contribution >= 0.6 is 0 Å². The van der Waals surface area contributed by atoms with E-state index in [2.05, 4.69) is 5.32 Å². The Morgan fingerprint density at radius 2 is 1.95 bits per heavy atom. The highest BCUT2D eigenvalue weighted by atomic mass is 16.6. The van der Waals surface area contributed by atoms with Gasteiger partial charge in [-0.15, -0.1) is 0 Å². The van der Waals surface area contributed by atoms with Crippen molar-refractivity contribution in [2.24, 2.45) is 0 Å². The molecule has 0 aliphatic carbocycles. The molecule has 0 aliphatic heterocycles. The Morgan fingerprint density at radius 1 is 1.29 bits per heavy atom. The van der Waals surface area contributed by atoms with Gasteiger partial charge in [0.1, 0.15) is 5.60 Å². The lowest BCUT2D eigenvalue weighted by Crippen LogP contribution is -2.34. The Hall–Kier alpha value is -1.59. The van der Waals surface area contributed by atoms with Gasteiger partial charge in [0.25, 0.3) is 0 Å². The lowest BCUT2D eigenvalue weighted by molar-refractivity contribution is -0.00261. The van der Waals surface area contributed by atoms with E-state index in [9.17, 15) is 9.90 Å². The summed E-state index contributed by atoms with van der Waals surface area (Å²) in [6.07, 6.45) is -0.231. The summed E-state index contributed by atoms with van der Waals surface area (Å²) in [5.41, 5.74) is 0.542. The van der Waals surface area contributed by atoms with Crippen molar-refractivity contribution in [2.45, 2.75) is 45.5 Å². The van der Waals surface area contributed by atoms with Gasteiger partial charge in [-0.1, -0.05) is 30.3 Å². The molecule has 0 bridgehead atoms. The Bertz CT molecular complexity index is 414. The summed E-state index contributed by atoms with van der Waals surface area (Å²) in [6.45, 7) is 6.19. The molecule has 0 aromatic heterocycles. The number of hydrogen-bond donors (Lipinski definition) is 2. The minimum Gasteiger partial charge on any atom is -0.444 e. The Kier molecular flexibility index (Phi) is 7.19. The molecule has 0 aliphatic rings. The van der Waals surface area contributed by atoms with Crippen LogP contribution in [0.1, 0.15) is 32.8 Å². The smallest absolute Gasteiger partial charge is 0.407 e. The second-order valence-electron chi connectivity index (χ2n) is 5.82. The zero-order valence-electron chi connectivity index (χ0n) is 13.0. The van der Waals surface area contributed by atoms with Crippen LogP contribution in [0.3, 0.4) is 0 Å². The van der Waals surface area contributed by atoms with Crippen molar-refractivity contribution in [1.82, 2.24) is 5.32 Å². The van der Waals surface area contributed by atoms with Crippen LogP contribution in [0.2, 0.25) is 0 Å². The number of aliphatic hydroxyl groups excluding tert-OH is 1. The molecule has 1 atom stereocenters. The molecule has 118 valence electrons. The molecule has 1 unspecified atom stereocenters. The molecule has 0 saturated carbocycles. The minimum absolute atomic E-state index is 0.0805. The Balaban J connectivity index is 2.24. The molecule has 5 heteroatoms. The van der Waals surface area contributed by atoms with Crippen LogP contribution < -0.4 is 5.32 Å². The maximum absolute atomic E-state index is 11.5. The number of hydrogen-bond acceptors (Lipinski definition) is 4. The van der Waals surface area contributed by atoms with Gasteiger partial charge < -0.3 is 19.9 Å². The first-order chi connectivity index (χ1) is 9.90. The zero-order chi connectivity index (χ0) is 15.7. The predicted octanol–water partition coefficient (Wildman–Crippen LogP) is 2.48. The van der Waals surface area contributed by atoms with Crippen molar-refractivity contribution >= 4 is 6.09 Å². The van der Waals surface area contributed by atoms with Gasteiger partial charge in [-0.2, -0.15) is 0 Å². The highest BCUT2D eigenvalue weighted by molar-refractivity contribution is 5.67. The average molecular weight is 295 g/mol. The molecule has 0 saturated heterocycles. The van der Waals surface area contributed by atoms with E-state index >= 15 is 0 Å². The first-order valence-corrected chi connectivity index (χ1v) is 7.14. The van der Waals surface area contributed by atoms with Crippen LogP contribution in [0.4, 0.5) is 4.79 Å². The summed E-state index contributed by atoms with van der Waals surface area (Å²) in [5, 5.41) is 11.9. The fourth-order valence-corrected chi connectivity index (χ4v) is 1.67. The quantitative estimate of drug-likeness (QED) is 0.811. The number of rotatable bonds is 7. The van der Waals surface area contributed by atoms with E-state index in [1.807, 2.05) is 51.1 Å². The minimum atomic E-state index is -0.510. The van der Waals surface area contributed by atoms with E-state index in [4.69, 9.17) is 9.47 Å². The van der Waals surface area contributed by atoms with E-state index in [1.54, 1.807) is 0 Å². The highest BCUT2D eigenvalue weighted by Gasteiger charge is 2.16. The van der Waals surface area contributed by atoms with Crippen molar-refractivity contribution in [3.8, 4) is 0 Å². The summed E-state index contributed by atoms with van der Waals surface area (Å²) < 4.78 is 10.7. The fourth-order valence-electron chi connectivity index (χ4n) is 1.67. The van der Waals surface area contributed by atoms with E-state index in [0.29, 0.717) is 19.6 Å². The van der Waals surface area contributed by atoms with Gasteiger partial charge in [0.2, 0.25) is 0 Å². The average Bonchev–Trinajstić information content (AvgIpc) is 2.41. The number of amides is 1. The molecule has 21 heavy (non-hydrogen) atoms. The van der Waals surface area contributed by atoms with Crippen LogP contribution in [0, 0.1) is 0 Å². The standard InChI is InChI=1S/C16H25NO4/c1-16(2,3)21-15(19)17-10-9-14(11-18)20-12-13-7-5-4-6-8-13/h4-8,14,18H,9-12H2,1-3H3,(H,17,19). The SMILES string of the molecule is CC(C)(C)OC(=O)NCCC(CO)OCc1ccccc1. The second-order valence-corrected chi connectivity index (χ2v) is 5.82. The molecular weight excluding hydrogens is 270 g/mol. The first-order valence-electron chi connectivity index (χ1n) is 7.14. The molecule has 0 spiro atoms. The monoisotopic (exact) mass is 295 g/mol. The maximum atomic E-state index is 11.5. The van der Waals surface area contributed by atoms with Gasteiger partial charge in [-0.05, 0) is 32.8 Å². The lowest BCUT2D eigenvalue weighted by atomic mass is 10.2.